The third kappa shape index (κ3) is 4.00. The van der Waals surface area contributed by atoms with Gasteiger partial charge in [0.15, 0.2) is 11.5 Å². The van der Waals surface area contributed by atoms with Gasteiger partial charge >= 0.3 is 0 Å². The predicted octanol–water partition coefficient (Wildman–Crippen LogP) is 5.48. The van der Waals surface area contributed by atoms with Crippen molar-refractivity contribution in [3.05, 3.63) is 88.6 Å². The number of aliphatic hydroxyl groups is 1. The second kappa shape index (κ2) is 9.88. The molecule has 0 spiro atoms. The quantitative estimate of drug-likeness (QED) is 0.391. The summed E-state index contributed by atoms with van der Waals surface area (Å²) < 4.78 is 19.5. The van der Waals surface area contributed by atoms with Crippen molar-refractivity contribution in [2.24, 2.45) is 0 Å². The Morgan fingerprint density at radius 2 is 1.81 bits per heavy atom. The Balaban J connectivity index is 0.00000267. The summed E-state index contributed by atoms with van der Waals surface area (Å²) in [6.45, 7) is 2.25. The lowest BCUT2D eigenvalue weighted by Crippen LogP contribution is -2.39. The number of rotatable bonds is 6. The van der Waals surface area contributed by atoms with E-state index in [4.69, 9.17) is 14.2 Å². The van der Waals surface area contributed by atoms with Crippen molar-refractivity contribution in [3.63, 3.8) is 0 Å². The lowest BCUT2D eigenvalue weighted by atomic mass is 9.85. The molecule has 0 saturated carbocycles. The molecule has 0 amide bonds. The van der Waals surface area contributed by atoms with Gasteiger partial charge < -0.3 is 23.9 Å². The van der Waals surface area contributed by atoms with E-state index in [1.165, 1.54) is 22.4 Å². The highest BCUT2D eigenvalue weighted by atomic mass is 16.5. The van der Waals surface area contributed by atoms with Gasteiger partial charge in [-0.15, -0.1) is 0 Å². The monoisotopic (exact) mass is 486 g/mol. The summed E-state index contributed by atoms with van der Waals surface area (Å²) in [5.74, 6) is 2.40. The molecule has 0 radical (unpaired) electrons. The number of nitrogens with zero attached hydrogens (tertiary/aromatic N) is 2. The minimum Gasteiger partial charge on any atom is -0.497 e. The van der Waals surface area contributed by atoms with Crippen molar-refractivity contribution in [1.29, 1.82) is 0 Å². The highest BCUT2D eigenvalue weighted by Gasteiger charge is 2.36. The first-order valence-corrected chi connectivity index (χ1v) is 12.1. The zero-order valence-electron chi connectivity index (χ0n) is 20.2. The van der Waals surface area contributed by atoms with Crippen LogP contribution >= 0.6 is 0 Å². The first-order valence-electron chi connectivity index (χ1n) is 12.1. The number of hydrogen-bond acceptors (Lipinski definition) is 5. The van der Waals surface area contributed by atoms with E-state index < -0.39 is 0 Å². The van der Waals surface area contributed by atoms with Crippen LogP contribution in [0.1, 0.15) is 41.4 Å². The van der Waals surface area contributed by atoms with Crippen molar-refractivity contribution in [1.82, 2.24) is 9.47 Å². The third-order valence-electron chi connectivity index (χ3n) is 7.52. The molecule has 3 aromatic carbocycles. The summed E-state index contributed by atoms with van der Waals surface area (Å²) in [6, 6.07) is 20.9. The molecule has 2 aliphatic heterocycles. The SMILES string of the molecule is C.COc1ccc2c(c1)c1c(n2CO)CN2CCc3cc(OC)c(OCc4ccccc4)cc3C2C1. The Bertz CT molecular complexity index is 1380. The van der Waals surface area contributed by atoms with Crippen molar-refractivity contribution >= 4 is 10.9 Å². The topological polar surface area (TPSA) is 56.1 Å². The molecule has 6 rings (SSSR count). The highest BCUT2D eigenvalue weighted by Crippen LogP contribution is 2.45. The van der Waals surface area contributed by atoms with E-state index in [9.17, 15) is 5.11 Å². The van der Waals surface area contributed by atoms with Crippen LogP contribution in [0.5, 0.6) is 17.2 Å². The molecule has 1 atom stereocenters. The minimum atomic E-state index is -0.0259. The maximum atomic E-state index is 10.2. The summed E-state index contributed by atoms with van der Waals surface area (Å²) in [6.07, 6.45) is 1.84. The average molecular weight is 487 g/mol. The van der Waals surface area contributed by atoms with E-state index in [2.05, 4.69) is 41.3 Å². The summed E-state index contributed by atoms with van der Waals surface area (Å²) >= 11 is 0. The van der Waals surface area contributed by atoms with E-state index in [1.54, 1.807) is 14.2 Å². The molecule has 0 aliphatic carbocycles. The molecule has 4 aromatic rings. The van der Waals surface area contributed by atoms with Gasteiger partial charge in [0.2, 0.25) is 0 Å². The predicted molar refractivity (Wildman–Crippen MR) is 142 cm³/mol. The van der Waals surface area contributed by atoms with Crippen LogP contribution in [0.2, 0.25) is 0 Å². The largest absolute Gasteiger partial charge is 0.497 e. The van der Waals surface area contributed by atoms with Crippen LogP contribution in [0.3, 0.4) is 0 Å². The van der Waals surface area contributed by atoms with Crippen LogP contribution in [-0.4, -0.2) is 35.3 Å². The average Bonchev–Trinajstić information content (AvgIpc) is 3.22. The van der Waals surface area contributed by atoms with Crippen LogP contribution in [-0.2, 0) is 32.7 Å². The van der Waals surface area contributed by atoms with E-state index >= 15 is 0 Å². The first kappa shape index (κ1) is 24.2. The van der Waals surface area contributed by atoms with Gasteiger partial charge in [0.1, 0.15) is 19.1 Å². The van der Waals surface area contributed by atoms with Gasteiger partial charge in [0.25, 0.3) is 0 Å². The molecule has 0 fully saturated rings. The van der Waals surface area contributed by atoms with Crippen LogP contribution in [0, 0.1) is 0 Å². The number of aromatic nitrogens is 1. The van der Waals surface area contributed by atoms with Crippen LogP contribution in [0.25, 0.3) is 10.9 Å². The van der Waals surface area contributed by atoms with Crippen molar-refractivity contribution in [2.45, 2.75) is 46.2 Å². The fraction of sp³-hybridized carbons (Fsp3) is 0.333. The van der Waals surface area contributed by atoms with Gasteiger partial charge in [-0.3, -0.25) is 4.90 Å². The molecule has 3 heterocycles. The fourth-order valence-corrected chi connectivity index (χ4v) is 5.74. The Morgan fingerprint density at radius 3 is 2.56 bits per heavy atom. The van der Waals surface area contributed by atoms with E-state index in [1.807, 2.05) is 28.8 Å². The Morgan fingerprint density at radius 1 is 0.972 bits per heavy atom. The lowest BCUT2D eigenvalue weighted by Gasteiger charge is -2.41. The second-order valence-electron chi connectivity index (χ2n) is 9.29. The Labute approximate surface area is 212 Å². The Kier molecular flexibility index (Phi) is 6.65. The fourth-order valence-electron chi connectivity index (χ4n) is 5.74. The van der Waals surface area contributed by atoms with Crippen molar-refractivity contribution in [3.8, 4) is 17.2 Å². The molecule has 6 nitrogen and oxygen atoms in total. The molecule has 2 aliphatic rings. The van der Waals surface area contributed by atoms with Crippen LogP contribution < -0.4 is 14.2 Å². The molecular weight excluding hydrogens is 452 g/mol. The highest BCUT2D eigenvalue weighted by molar-refractivity contribution is 5.87. The number of aliphatic hydroxyl groups excluding tert-OH is 1. The number of hydrogen-bond donors (Lipinski definition) is 1. The Hall–Kier alpha value is -3.48. The molecule has 36 heavy (non-hydrogen) atoms. The smallest absolute Gasteiger partial charge is 0.162 e. The summed E-state index contributed by atoms with van der Waals surface area (Å²) in [4.78, 5) is 2.53. The summed E-state index contributed by atoms with van der Waals surface area (Å²) in [5, 5.41) is 11.4. The number of fused-ring (bicyclic) bond motifs is 6. The number of methoxy groups -OCH3 is 2. The molecule has 0 saturated heterocycles. The zero-order chi connectivity index (χ0) is 23.9. The standard InChI is InChI=1S/C29H30N2O4.CH4/c1-33-21-8-9-25-23(13-21)24-14-26-22-15-29(35-17-19-6-4-3-5-7-19)28(34-2)12-20(22)10-11-30(26)16-27(24)31(25)18-32;/h3-9,12-13,15,26,32H,10-11,14,16-18H2,1-2H3;1H4. The molecule has 6 heteroatoms. The summed E-state index contributed by atoms with van der Waals surface area (Å²) in [7, 11) is 3.40. The van der Waals surface area contributed by atoms with Gasteiger partial charge in [0.05, 0.1) is 19.7 Å². The normalized spacial score (nSPS) is 16.5. The van der Waals surface area contributed by atoms with Crippen molar-refractivity contribution < 1.29 is 19.3 Å². The van der Waals surface area contributed by atoms with Gasteiger partial charge in [-0.1, -0.05) is 37.8 Å². The molecular formula is C30H34N2O4. The first-order chi connectivity index (χ1) is 17.2. The van der Waals surface area contributed by atoms with E-state index in [-0.39, 0.29) is 20.2 Å². The summed E-state index contributed by atoms with van der Waals surface area (Å²) in [5.41, 5.74) is 7.30. The minimum absolute atomic E-state index is 0. The van der Waals surface area contributed by atoms with Gasteiger partial charge in [-0.25, -0.2) is 0 Å². The zero-order valence-corrected chi connectivity index (χ0v) is 20.2. The van der Waals surface area contributed by atoms with Crippen LogP contribution in [0.15, 0.2) is 60.7 Å². The molecule has 1 unspecified atom stereocenters. The third-order valence-corrected chi connectivity index (χ3v) is 7.52. The second-order valence-corrected chi connectivity index (χ2v) is 9.29. The van der Waals surface area contributed by atoms with Crippen molar-refractivity contribution in [2.75, 3.05) is 20.8 Å². The maximum absolute atomic E-state index is 10.2. The molecule has 1 aromatic heterocycles. The number of benzene rings is 3. The molecule has 0 bridgehead atoms. The van der Waals surface area contributed by atoms with E-state index in [0.717, 1.165) is 59.6 Å². The van der Waals surface area contributed by atoms with Gasteiger partial charge in [0, 0.05) is 30.2 Å². The molecule has 1 N–H and O–H groups in total. The van der Waals surface area contributed by atoms with E-state index in [0.29, 0.717) is 6.61 Å². The lowest BCUT2D eigenvalue weighted by molar-refractivity contribution is 0.145. The molecule has 188 valence electrons. The number of ether oxygens (including phenoxy) is 3. The van der Waals surface area contributed by atoms with Gasteiger partial charge in [-0.05, 0) is 65.4 Å². The van der Waals surface area contributed by atoms with Crippen LogP contribution in [0.4, 0.5) is 0 Å². The maximum Gasteiger partial charge on any atom is 0.162 e. The van der Waals surface area contributed by atoms with Gasteiger partial charge in [-0.2, -0.15) is 0 Å².